The smallest absolute Gasteiger partial charge is 0.458 e. The summed E-state index contributed by atoms with van der Waals surface area (Å²) in [6.07, 6.45) is -2.91. The van der Waals surface area contributed by atoms with Crippen LogP contribution in [0.2, 0.25) is 0 Å². The summed E-state index contributed by atoms with van der Waals surface area (Å²) in [7, 11) is 0. The van der Waals surface area contributed by atoms with Crippen molar-refractivity contribution in [1.82, 2.24) is 0 Å². The predicted molar refractivity (Wildman–Crippen MR) is 153 cm³/mol. The van der Waals surface area contributed by atoms with Gasteiger partial charge in [0.2, 0.25) is 0 Å². The molecule has 1 rings (SSSR count). The first-order valence-electron chi connectivity index (χ1n) is 13.9. The van der Waals surface area contributed by atoms with Gasteiger partial charge in [0.05, 0.1) is 19.8 Å². The van der Waals surface area contributed by atoms with Crippen LogP contribution >= 0.6 is 0 Å². The fourth-order valence-corrected chi connectivity index (χ4v) is 2.89. The molecule has 2 N–H and O–H groups in total. The third-order valence-electron chi connectivity index (χ3n) is 5.07. The maximum atomic E-state index is 12.5. The van der Waals surface area contributed by atoms with Gasteiger partial charge >= 0.3 is 24.4 Å². The van der Waals surface area contributed by atoms with E-state index in [4.69, 9.17) is 38.9 Å². The van der Waals surface area contributed by atoms with Crippen molar-refractivity contribution in [3.05, 3.63) is 23.8 Å². The van der Waals surface area contributed by atoms with Crippen molar-refractivity contribution in [3.63, 3.8) is 0 Å². The van der Waals surface area contributed by atoms with Crippen LogP contribution < -0.4 is 15.2 Å². The van der Waals surface area contributed by atoms with Crippen molar-refractivity contribution in [2.24, 2.45) is 22.5 Å². The number of nitrogens with two attached hydrogens (primary N) is 1. The van der Waals surface area contributed by atoms with E-state index in [2.05, 4.69) is 0 Å². The minimum absolute atomic E-state index is 0.00813. The van der Waals surface area contributed by atoms with E-state index >= 15 is 0 Å². The van der Waals surface area contributed by atoms with Crippen LogP contribution in [0, 0.1) is 16.7 Å². The van der Waals surface area contributed by atoms with Crippen LogP contribution in [0.4, 0.5) is 14.4 Å². The molecule has 0 bridgehead atoms. The number of carbonyl (C=O) groups is 4. The number of benzene rings is 1. The second-order valence-electron chi connectivity index (χ2n) is 12.8. The van der Waals surface area contributed by atoms with E-state index in [1.165, 1.54) is 12.1 Å². The van der Waals surface area contributed by atoms with E-state index in [-0.39, 0.29) is 55.2 Å². The topological polar surface area (TPSA) is 159 Å². The molecule has 42 heavy (non-hydrogen) atoms. The molecule has 0 saturated carbocycles. The Morgan fingerprint density at radius 2 is 1.31 bits per heavy atom. The van der Waals surface area contributed by atoms with Crippen molar-refractivity contribution in [2.45, 2.75) is 87.3 Å². The Morgan fingerprint density at radius 3 is 1.83 bits per heavy atom. The average molecular weight is 598 g/mol. The molecule has 0 aromatic heterocycles. The molecular formula is C30H47NO11. The highest BCUT2D eigenvalue weighted by Crippen LogP contribution is 2.30. The molecule has 12 heteroatoms. The Balaban J connectivity index is 2.85. The van der Waals surface area contributed by atoms with Gasteiger partial charge in [-0.1, -0.05) is 61.5 Å². The summed E-state index contributed by atoms with van der Waals surface area (Å²) in [6.45, 7) is 17.1. The molecule has 0 fully saturated rings. The number of hydrogen-bond donors (Lipinski definition) is 1. The van der Waals surface area contributed by atoms with Crippen LogP contribution in [0.1, 0.15) is 74.3 Å². The first-order chi connectivity index (χ1) is 19.3. The number of hydrogen-bond acceptors (Lipinski definition) is 12. The summed E-state index contributed by atoms with van der Waals surface area (Å²) in [4.78, 5) is 48.8. The Labute approximate surface area is 248 Å². The number of esters is 1. The van der Waals surface area contributed by atoms with Crippen LogP contribution in [0.3, 0.4) is 0 Å². The molecule has 2 atom stereocenters. The van der Waals surface area contributed by atoms with Crippen LogP contribution in [-0.2, 0) is 34.9 Å². The zero-order valence-corrected chi connectivity index (χ0v) is 26.3. The number of ether oxygens (including phenoxy) is 7. The third kappa shape index (κ3) is 16.7. The largest absolute Gasteiger partial charge is 0.513 e. The fourth-order valence-electron chi connectivity index (χ4n) is 2.89. The maximum absolute atomic E-state index is 12.5. The average Bonchev–Trinajstić information content (AvgIpc) is 2.85. The van der Waals surface area contributed by atoms with Crippen LogP contribution in [0.25, 0.3) is 0 Å². The van der Waals surface area contributed by atoms with Crippen LogP contribution in [0.5, 0.6) is 11.5 Å². The van der Waals surface area contributed by atoms with Gasteiger partial charge in [-0.05, 0) is 54.2 Å². The molecule has 238 valence electrons. The number of carbonyl (C=O) groups excluding carboxylic acids is 4. The summed E-state index contributed by atoms with van der Waals surface area (Å²) >= 11 is 0. The van der Waals surface area contributed by atoms with Gasteiger partial charge in [-0.3, -0.25) is 4.79 Å². The van der Waals surface area contributed by atoms with Crippen molar-refractivity contribution in [2.75, 3.05) is 26.4 Å². The van der Waals surface area contributed by atoms with Crippen LogP contribution in [-0.4, -0.2) is 63.0 Å². The summed E-state index contributed by atoms with van der Waals surface area (Å²) < 4.78 is 36.1. The Bertz CT molecular complexity index is 1040. The first kappa shape index (κ1) is 36.5. The lowest BCUT2D eigenvalue weighted by atomic mass is 9.99. The summed E-state index contributed by atoms with van der Waals surface area (Å²) in [5, 5.41) is 0. The SMILES string of the molecule is CC(C)CCOC(=O)OC[C@H](C)OC(=O)[C@@H](N)Cc1ccc(OC(=O)OCC(C)(C)C)c(OC(=O)OCC(C)(C)C)c1. The molecule has 0 unspecified atom stereocenters. The van der Waals surface area contributed by atoms with E-state index in [1.54, 1.807) is 13.0 Å². The lowest BCUT2D eigenvalue weighted by Gasteiger charge is -2.19. The van der Waals surface area contributed by atoms with Gasteiger partial charge in [-0.2, -0.15) is 0 Å². The predicted octanol–water partition coefficient (Wildman–Crippen LogP) is 5.81. The quantitative estimate of drug-likeness (QED) is 0.165. The molecule has 1 aromatic carbocycles. The van der Waals surface area contributed by atoms with Gasteiger partial charge in [0, 0.05) is 0 Å². The monoisotopic (exact) mass is 597 g/mol. The zero-order valence-electron chi connectivity index (χ0n) is 26.3. The summed E-state index contributed by atoms with van der Waals surface area (Å²) in [5.41, 5.74) is 5.93. The minimum Gasteiger partial charge on any atom is -0.458 e. The molecule has 1 aromatic rings. The zero-order chi connectivity index (χ0) is 32.1. The van der Waals surface area contributed by atoms with Gasteiger partial charge in [0.15, 0.2) is 11.5 Å². The van der Waals surface area contributed by atoms with Crippen LogP contribution in [0.15, 0.2) is 18.2 Å². The van der Waals surface area contributed by atoms with Gasteiger partial charge in [-0.15, -0.1) is 0 Å². The van der Waals surface area contributed by atoms with Crippen molar-refractivity contribution >= 4 is 24.4 Å². The number of rotatable bonds is 13. The lowest BCUT2D eigenvalue weighted by molar-refractivity contribution is -0.152. The standard InChI is InChI=1S/C30H47NO11/c1-19(2)12-13-36-26(33)37-16-20(3)40-25(32)22(31)14-21-10-11-23(41-27(34)38-17-29(4,5)6)24(15-21)42-28(35)39-18-30(7,8)9/h10-11,15,19-20,22H,12-14,16-18,31H2,1-9H3/t20-,22-/m0/s1. The third-order valence-corrected chi connectivity index (χ3v) is 5.07. The highest BCUT2D eigenvalue weighted by molar-refractivity contribution is 5.76. The molecular weight excluding hydrogens is 550 g/mol. The highest BCUT2D eigenvalue weighted by Gasteiger charge is 2.23. The Morgan fingerprint density at radius 1 is 0.762 bits per heavy atom. The second-order valence-corrected chi connectivity index (χ2v) is 12.8. The molecule has 0 saturated heterocycles. The summed E-state index contributed by atoms with van der Waals surface area (Å²) in [5.74, 6) is -0.579. The summed E-state index contributed by atoms with van der Waals surface area (Å²) in [6, 6.07) is 3.23. The second kappa shape index (κ2) is 16.8. The van der Waals surface area contributed by atoms with Gasteiger partial charge in [0.25, 0.3) is 0 Å². The normalized spacial score (nSPS) is 13.0. The van der Waals surface area contributed by atoms with Gasteiger partial charge < -0.3 is 38.9 Å². The van der Waals surface area contributed by atoms with E-state index in [9.17, 15) is 19.2 Å². The Kier molecular flexibility index (Phi) is 14.6. The molecule has 0 amide bonds. The van der Waals surface area contributed by atoms with Crippen molar-refractivity contribution in [3.8, 4) is 11.5 Å². The Hall–Kier alpha value is -3.54. The molecule has 0 aliphatic heterocycles. The maximum Gasteiger partial charge on any atom is 0.513 e. The van der Waals surface area contributed by atoms with E-state index in [0.29, 0.717) is 17.9 Å². The highest BCUT2D eigenvalue weighted by atomic mass is 16.7. The van der Waals surface area contributed by atoms with Gasteiger partial charge in [0.1, 0.15) is 18.8 Å². The van der Waals surface area contributed by atoms with E-state index in [0.717, 1.165) is 0 Å². The fraction of sp³-hybridized carbons (Fsp3) is 0.667. The molecule has 0 spiro atoms. The van der Waals surface area contributed by atoms with E-state index < -0.39 is 36.6 Å². The van der Waals surface area contributed by atoms with Crippen molar-refractivity contribution in [1.29, 1.82) is 0 Å². The lowest BCUT2D eigenvalue weighted by Crippen LogP contribution is -2.37. The molecule has 0 aliphatic carbocycles. The molecule has 12 nitrogen and oxygen atoms in total. The van der Waals surface area contributed by atoms with Gasteiger partial charge in [-0.25, -0.2) is 14.4 Å². The molecule has 0 radical (unpaired) electrons. The minimum atomic E-state index is -1.10. The van der Waals surface area contributed by atoms with Crippen molar-refractivity contribution < 1.29 is 52.3 Å². The molecule has 0 heterocycles. The molecule has 0 aliphatic rings. The first-order valence-corrected chi connectivity index (χ1v) is 13.9. The van der Waals surface area contributed by atoms with E-state index in [1.807, 2.05) is 55.4 Å².